The zero-order valence-electron chi connectivity index (χ0n) is 23.4. The van der Waals surface area contributed by atoms with Crippen molar-refractivity contribution in [2.24, 2.45) is 5.92 Å². The number of benzene rings is 2. The summed E-state index contributed by atoms with van der Waals surface area (Å²) in [7, 11) is 1.61. The van der Waals surface area contributed by atoms with E-state index in [0.29, 0.717) is 55.3 Å². The number of rotatable bonds is 14. The van der Waals surface area contributed by atoms with Gasteiger partial charge in [0.15, 0.2) is 11.6 Å². The van der Waals surface area contributed by atoms with E-state index in [0.717, 1.165) is 25.8 Å². The summed E-state index contributed by atoms with van der Waals surface area (Å²) in [6.07, 6.45) is 3.41. The van der Waals surface area contributed by atoms with Gasteiger partial charge < -0.3 is 30.3 Å². The molecule has 224 valence electrons. The van der Waals surface area contributed by atoms with E-state index in [-0.39, 0.29) is 30.0 Å². The molecule has 4 rings (SSSR count). The molecule has 0 aliphatic carbocycles. The van der Waals surface area contributed by atoms with Crippen LogP contribution in [0.5, 0.6) is 5.75 Å². The maximum atomic E-state index is 14.6. The van der Waals surface area contributed by atoms with E-state index >= 15 is 0 Å². The predicted octanol–water partition coefficient (Wildman–Crippen LogP) is 4.06. The van der Waals surface area contributed by atoms with Crippen LogP contribution in [-0.2, 0) is 14.3 Å². The Morgan fingerprint density at radius 2 is 1.81 bits per heavy atom. The summed E-state index contributed by atoms with van der Waals surface area (Å²) in [4.78, 5) is 34.6. The van der Waals surface area contributed by atoms with Crippen molar-refractivity contribution in [3.05, 3.63) is 60.5 Å². The van der Waals surface area contributed by atoms with Crippen LogP contribution in [0.4, 0.5) is 33.2 Å². The molecule has 1 aliphatic rings. The van der Waals surface area contributed by atoms with Crippen molar-refractivity contribution in [3.8, 4) is 5.75 Å². The molecule has 0 atom stereocenters. The van der Waals surface area contributed by atoms with Crippen molar-refractivity contribution < 1.29 is 28.7 Å². The van der Waals surface area contributed by atoms with Gasteiger partial charge in [-0.25, -0.2) is 14.9 Å². The lowest BCUT2D eigenvalue weighted by atomic mass is 9.95. The van der Waals surface area contributed by atoms with E-state index in [9.17, 15) is 14.0 Å². The van der Waals surface area contributed by atoms with Crippen LogP contribution in [0.1, 0.15) is 25.7 Å². The molecule has 0 unspecified atom stereocenters. The number of hydrogen-bond acceptors (Lipinski definition) is 10. The Hall–Kier alpha value is -4.33. The normalized spacial score (nSPS) is 13.8. The van der Waals surface area contributed by atoms with Gasteiger partial charge in [-0.1, -0.05) is 6.07 Å². The monoisotopic (exact) mass is 581 g/mol. The van der Waals surface area contributed by atoms with Crippen LogP contribution < -0.4 is 26.2 Å². The smallest absolute Gasteiger partial charge is 0.243 e. The molecular formula is C29H36FN7O5. The summed E-state index contributed by atoms with van der Waals surface area (Å²) >= 11 is 0. The number of hydroxylamine groups is 1. The van der Waals surface area contributed by atoms with Crippen LogP contribution in [0.25, 0.3) is 0 Å². The summed E-state index contributed by atoms with van der Waals surface area (Å²) in [5.74, 6) is -0.329. The summed E-state index contributed by atoms with van der Waals surface area (Å²) in [5.41, 5.74) is 3.48. The van der Waals surface area contributed by atoms with Gasteiger partial charge in [0.1, 0.15) is 12.4 Å². The number of halogens is 1. The average molecular weight is 582 g/mol. The first-order chi connectivity index (χ1) is 20.4. The second-order valence-electron chi connectivity index (χ2n) is 9.83. The topological polar surface area (TPSA) is 150 Å². The first kappa shape index (κ1) is 30.6. The third-order valence-corrected chi connectivity index (χ3v) is 6.76. The van der Waals surface area contributed by atoms with Crippen LogP contribution in [0.3, 0.4) is 0 Å². The molecule has 0 saturated carbocycles. The molecule has 12 nitrogen and oxygen atoms in total. The summed E-state index contributed by atoms with van der Waals surface area (Å²) in [6, 6.07) is 14.2. The molecule has 1 aromatic heterocycles. The van der Waals surface area contributed by atoms with Gasteiger partial charge in [-0.3, -0.25) is 14.8 Å². The molecule has 2 aromatic carbocycles. The Labute approximate surface area is 243 Å². The van der Waals surface area contributed by atoms with Crippen LogP contribution in [0.15, 0.2) is 54.7 Å². The molecule has 1 aliphatic heterocycles. The Morgan fingerprint density at radius 3 is 2.55 bits per heavy atom. The zero-order chi connectivity index (χ0) is 29.7. The number of carbonyl (C=O) groups is 2. The SMILES string of the molecule is COCCOc1ccc(Nc2ncc(F)c(Nc3cccc(NC(=O)C4CCN(CCCC(=O)NO)CC4)c3)n2)cc1. The second-order valence-corrected chi connectivity index (χ2v) is 9.83. The van der Waals surface area contributed by atoms with Gasteiger partial charge in [0, 0.05) is 36.5 Å². The van der Waals surface area contributed by atoms with Gasteiger partial charge in [-0.15, -0.1) is 0 Å². The molecule has 13 heteroatoms. The minimum atomic E-state index is -0.624. The third-order valence-electron chi connectivity index (χ3n) is 6.76. The van der Waals surface area contributed by atoms with E-state index in [2.05, 4.69) is 30.8 Å². The van der Waals surface area contributed by atoms with Crippen molar-refractivity contribution in [1.29, 1.82) is 0 Å². The van der Waals surface area contributed by atoms with Crippen molar-refractivity contribution in [1.82, 2.24) is 20.3 Å². The molecule has 5 N–H and O–H groups in total. The Balaban J connectivity index is 1.29. The van der Waals surface area contributed by atoms with Crippen molar-refractivity contribution in [3.63, 3.8) is 0 Å². The fourth-order valence-corrected chi connectivity index (χ4v) is 4.52. The minimum Gasteiger partial charge on any atom is -0.491 e. The molecule has 1 fully saturated rings. The largest absolute Gasteiger partial charge is 0.491 e. The van der Waals surface area contributed by atoms with Crippen LogP contribution >= 0.6 is 0 Å². The van der Waals surface area contributed by atoms with Crippen LogP contribution in [0.2, 0.25) is 0 Å². The number of ether oxygens (including phenoxy) is 2. The standard InChI is InChI=1S/C29H36FN7O5/c1-41-16-17-42-24-9-7-21(8-10-24)34-29-31-19-25(30)27(35-29)32-22-4-2-5-23(18-22)33-28(39)20-11-14-37(15-12-20)13-3-6-26(38)36-40/h2,4-5,7-10,18-20,40H,3,6,11-17H2,1H3,(H,33,39)(H,36,38)(H2,31,32,34,35). The van der Waals surface area contributed by atoms with Crippen LogP contribution in [-0.4, -0.2) is 71.8 Å². The number of aromatic nitrogens is 2. The number of methoxy groups -OCH3 is 1. The first-order valence-corrected chi connectivity index (χ1v) is 13.8. The third kappa shape index (κ3) is 9.36. The van der Waals surface area contributed by atoms with E-state index in [1.54, 1.807) is 61.1 Å². The Kier molecular flexibility index (Phi) is 11.4. The molecule has 0 radical (unpaired) electrons. The quantitative estimate of drug-likeness (QED) is 0.107. The van der Waals surface area contributed by atoms with Crippen molar-refractivity contribution in [2.45, 2.75) is 25.7 Å². The summed E-state index contributed by atoms with van der Waals surface area (Å²) in [6.45, 7) is 3.20. The zero-order valence-corrected chi connectivity index (χ0v) is 23.4. The van der Waals surface area contributed by atoms with E-state index in [1.165, 1.54) is 0 Å². The number of anilines is 5. The fourth-order valence-electron chi connectivity index (χ4n) is 4.52. The lowest BCUT2D eigenvalue weighted by molar-refractivity contribution is -0.129. The lowest BCUT2D eigenvalue weighted by Gasteiger charge is -2.31. The van der Waals surface area contributed by atoms with Gasteiger partial charge in [0.25, 0.3) is 0 Å². The maximum absolute atomic E-state index is 14.6. The highest BCUT2D eigenvalue weighted by atomic mass is 19.1. The second kappa shape index (κ2) is 15.6. The number of nitrogens with one attached hydrogen (secondary N) is 4. The summed E-state index contributed by atoms with van der Waals surface area (Å²) in [5, 5.41) is 17.6. The number of piperidine rings is 1. The van der Waals surface area contributed by atoms with Gasteiger partial charge >= 0.3 is 0 Å². The molecule has 2 amide bonds. The van der Waals surface area contributed by atoms with Crippen molar-refractivity contribution in [2.75, 3.05) is 55.9 Å². The molecule has 42 heavy (non-hydrogen) atoms. The molecule has 0 bridgehead atoms. The van der Waals surface area contributed by atoms with Gasteiger partial charge in [-0.2, -0.15) is 4.98 Å². The first-order valence-electron chi connectivity index (χ1n) is 13.8. The molecule has 1 saturated heterocycles. The number of carbonyl (C=O) groups excluding carboxylic acids is 2. The van der Waals surface area contributed by atoms with E-state index < -0.39 is 11.7 Å². The summed E-state index contributed by atoms with van der Waals surface area (Å²) < 4.78 is 25.1. The number of likely N-dealkylation sites (tertiary alicyclic amines) is 1. The highest BCUT2D eigenvalue weighted by Crippen LogP contribution is 2.25. The van der Waals surface area contributed by atoms with E-state index in [1.807, 2.05) is 0 Å². The van der Waals surface area contributed by atoms with Gasteiger partial charge in [-0.05, 0) is 81.4 Å². The molecule has 2 heterocycles. The highest BCUT2D eigenvalue weighted by Gasteiger charge is 2.25. The van der Waals surface area contributed by atoms with Crippen LogP contribution in [0, 0.1) is 11.7 Å². The highest BCUT2D eigenvalue weighted by molar-refractivity contribution is 5.93. The lowest BCUT2D eigenvalue weighted by Crippen LogP contribution is -2.38. The Morgan fingerprint density at radius 1 is 1.05 bits per heavy atom. The minimum absolute atomic E-state index is 0.0145. The van der Waals surface area contributed by atoms with Gasteiger partial charge in [0.05, 0.1) is 12.8 Å². The number of amides is 2. The molecule has 0 spiro atoms. The predicted molar refractivity (Wildman–Crippen MR) is 156 cm³/mol. The van der Waals surface area contributed by atoms with Gasteiger partial charge in [0.2, 0.25) is 17.8 Å². The number of nitrogens with zero attached hydrogens (tertiary/aromatic N) is 3. The average Bonchev–Trinajstić information content (AvgIpc) is 3.00. The Bertz CT molecular complexity index is 1320. The van der Waals surface area contributed by atoms with E-state index in [4.69, 9.17) is 14.7 Å². The maximum Gasteiger partial charge on any atom is 0.243 e. The van der Waals surface area contributed by atoms with Crippen molar-refractivity contribution >= 4 is 40.6 Å². The molecule has 3 aromatic rings. The number of hydrogen-bond donors (Lipinski definition) is 5. The molecular weight excluding hydrogens is 545 g/mol. The fraction of sp³-hybridized carbons (Fsp3) is 0.379.